The van der Waals surface area contributed by atoms with Gasteiger partial charge in [0, 0.05) is 15.6 Å². The first kappa shape index (κ1) is 25.2. The maximum absolute atomic E-state index is 14.3. The van der Waals surface area contributed by atoms with Crippen molar-refractivity contribution in [2.75, 3.05) is 10.6 Å². The van der Waals surface area contributed by atoms with Crippen molar-refractivity contribution in [1.82, 2.24) is 19.6 Å². The van der Waals surface area contributed by atoms with E-state index < -0.39 is 0 Å². The number of aryl methyl sites for hydroxylation is 2. The van der Waals surface area contributed by atoms with Crippen molar-refractivity contribution >= 4 is 51.9 Å². The molecule has 0 saturated heterocycles. The Bertz CT molecular complexity index is 1390. The lowest BCUT2D eigenvalue weighted by Gasteiger charge is -2.12. The Kier molecular flexibility index (Phi) is 7.44. The number of nitrogens with zero attached hydrogens (tertiary/aromatic N) is 4. The number of hydrogen-bond acceptors (Lipinski definition) is 3. The lowest BCUT2D eigenvalue weighted by Crippen LogP contribution is -2.21. The van der Waals surface area contributed by atoms with Gasteiger partial charge in [-0.15, -0.1) is 0 Å². The number of thiocarbonyl (C=S) groups is 1. The van der Waals surface area contributed by atoms with Gasteiger partial charge >= 0.3 is 0 Å². The van der Waals surface area contributed by atoms with E-state index in [1.54, 1.807) is 16.8 Å². The van der Waals surface area contributed by atoms with E-state index in [2.05, 4.69) is 20.8 Å². The molecule has 0 spiro atoms. The van der Waals surface area contributed by atoms with E-state index in [1.165, 1.54) is 6.07 Å². The molecule has 0 atom stereocenters. The van der Waals surface area contributed by atoms with Gasteiger partial charge in [0.1, 0.15) is 5.82 Å². The van der Waals surface area contributed by atoms with Crippen LogP contribution in [0.2, 0.25) is 10.0 Å². The van der Waals surface area contributed by atoms with Crippen LogP contribution in [-0.4, -0.2) is 24.7 Å². The van der Waals surface area contributed by atoms with Crippen molar-refractivity contribution in [3.05, 3.63) is 92.2 Å². The summed E-state index contributed by atoms with van der Waals surface area (Å²) in [4.78, 5) is 0. The molecule has 0 saturated carbocycles. The third-order valence-corrected chi connectivity index (χ3v) is 6.62. The Morgan fingerprint density at radius 2 is 1.46 bits per heavy atom. The van der Waals surface area contributed by atoms with Gasteiger partial charge in [0.15, 0.2) is 5.11 Å². The number of halogens is 3. The van der Waals surface area contributed by atoms with Crippen LogP contribution in [0.4, 0.5) is 15.8 Å². The van der Waals surface area contributed by atoms with Crippen molar-refractivity contribution in [2.45, 2.75) is 40.8 Å². The molecule has 182 valence electrons. The molecule has 4 rings (SSSR count). The molecule has 10 heteroatoms. The predicted molar refractivity (Wildman–Crippen MR) is 144 cm³/mol. The van der Waals surface area contributed by atoms with Crippen molar-refractivity contribution < 1.29 is 4.39 Å². The van der Waals surface area contributed by atoms with Gasteiger partial charge in [0.2, 0.25) is 0 Å². The topological polar surface area (TPSA) is 59.7 Å². The maximum atomic E-state index is 14.3. The van der Waals surface area contributed by atoms with Crippen LogP contribution < -0.4 is 10.6 Å². The minimum atomic E-state index is -0.363. The molecular formula is C25H25Cl2FN6S. The van der Waals surface area contributed by atoms with Gasteiger partial charge < -0.3 is 10.6 Å². The fourth-order valence-corrected chi connectivity index (χ4v) is 4.60. The normalized spacial score (nSPS) is 11.1. The highest BCUT2D eigenvalue weighted by Crippen LogP contribution is 2.26. The van der Waals surface area contributed by atoms with Gasteiger partial charge in [0.05, 0.1) is 47.2 Å². The van der Waals surface area contributed by atoms with Crippen LogP contribution in [0.25, 0.3) is 0 Å². The zero-order valence-electron chi connectivity index (χ0n) is 19.8. The van der Waals surface area contributed by atoms with Gasteiger partial charge in [-0.3, -0.25) is 9.36 Å². The van der Waals surface area contributed by atoms with Gasteiger partial charge in [0.25, 0.3) is 0 Å². The van der Waals surface area contributed by atoms with E-state index >= 15 is 0 Å². The molecule has 0 aliphatic rings. The zero-order valence-corrected chi connectivity index (χ0v) is 22.1. The number of anilines is 2. The Balaban J connectivity index is 1.50. The van der Waals surface area contributed by atoms with Crippen LogP contribution in [0.3, 0.4) is 0 Å². The van der Waals surface area contributed by atoms with Gasteiger partial charge in [-0.05, 0) is 69.7 Å². The largest absolute Gasteiger partial charge is 0.329 e. The van der Waals surface area contributed by atoms with Crippen LogP contribution >= 0.6 is 35.4 Å². The number of aromatic nitrogens is 4. The summed E-state index contributed by atoms with van der Waals surface area (Å²) in [6.07, 6.45) is 0. The molecular weight excluding hydrogens is 506 g/mol. The van der Waals surface area contributed by atoms with Crippen molar-refractivity contribution in [1.29, 1.82) is 0 Å². The summed E-state index contributed by atoms with van der Waals surface area (Å²) in [5.74, 6) is -0.363. The average Bonchev–Trinajstić information content (AvgIpc) is 3.20. The summed E-state index contributed by atoms with van der Waals surface area (Å²) in [5.41, 5.74) is 6.38. The summed E-state index contributed by atoms with van der Waals surface area (Å²) in [5, 5.41) is 17.2. The van der Waals surface area contributed by atoms with E-state index in [1.807, 2.05) is 56.6 Å². The second kappa shape index (κ2) is 10.4. The molecule has 2 N–H and O–H groups in total. The summed E-state index contributed by atoms with van der Waals surface area (Å²) in [7, 11) is 0. The van der Waals surface area contributed by atoms with Crippen molar-refractivity contribution in [3.63, 3.8) is 0 Å². The van der Waals surface area contributed by atoms with Crippen LogP contribution in [0.1, 0.15) is 33.9 Å². The Morgan fingerprint density at radius 3 is 2.03 bits per heavy atom. The second-order valence-corrected chi connectivity index (χ2v) is 9.57. The average molecular weight is 531 g/mol. The first-order valence-corrected chi connectivity index (χ1v) is 12.1. The lowest BCUT2D eigenvalue weighted by atomic mass is 10.2. The van der Waals surface area contributed by atoms with Crippen molar-refractivity contribution in [3.8, 4) is 0 Å². The molecule has 0 bridgehead atoms. The SMILES string of the molecule is Cc1nn(Cc2cccc(Cl)c2)c(C)c1NC(=S)Nc1c(C)nn(Cc2c(F)cccc2Cl)c1C. The highest BCUT2D eigenvalue weighted by atomic mass is 35.5. The van der Waals surface area contributed by atoms with Crippen LogP contribution in [0.5, 0.6) is 0 Å². The first-order chi connectivity index (χ1) is 16.6. The molecule has 2 aromatic carbocycles. The van der Waals surface area contributed by atoms with Crippen molar-refractivity contribution in [2.24, 2.45) is 0 Å². The Morgan fingerprint density at radius 1 is 0.886 bits per heavy atom. The minimum Gasteiger partial charge on any atom is -0.329 e. The van der Waals surface area contributed by atoms with E-state index in [-0.39, 0.29) is 12.4 Å². The lowest BCUT2D eigenvalue weighted by molar-refractivity contribution is 0.579. The standard InChI is InChI=1S/C25H25Cl2FN6S/c1-14-23(16(3)33(31-14)12-18-7-5-8-19(26)11-18)29-25(35)30-24-15(2)32-34(17(24)4)13-20-21(27)9-6-10-22(20)28/h5-11H,12-13H2,1-4H3,(H2,29,30,35). The van der Waals surface area contributed by atoms with Crippen LogP contribution in [0.15, 0.2) is 42.5 Å². The van der Waals surface area contributed by atoms with Gasteiger partial charge in [-0.2, -0.15) is 10.2 Å². The summed E-state index contributed by atoms with van der Waals surface area (Å²) < 4.78 is 17.9. The summed E-state index contributed by atoms with van der Waals surface area (Å²) in [6.45, 7) is 8.50. The van der Waals surface area contributed by atoms with Gasteiger partial charge in [-0.25, -0.2) is 4.39 Å². The molecule has 2 aromatic heterocycles. The molecule has 0 unspecified atom stereocenters. The van der Waals surface area contributed by atoms with E-state index in [4.69, 9.17) is 35.4 Å². The van der Waals surface area contributed by atoms with Crippen LogP contribution in [-0.2, 0) is 13.1 Å². The fraction of sp³-hybridized carbons (Fsp3) is 0.240. The zero-order chi connectivity index (χ0) is 25.3. The maximum Gasteiger partial charge on any atom is 0.175 e. The smallest absolute Gasteiger partial charge is 0.175 e. The quantitative estimate of drug-likeness (QED) is 0.273. The number of benzene rings is 2. The molecule has 4 aromatic rings. The molecule has 0 aliphatic heterocycles. The number of hydrogen-bond donors (Lipinski definition) is 2. The van der Waals surface area contributed by atoms with E-state index in [0.29, 0.717) is 27.3 Å². The number of rotatable bonds is 6. The third-order valence-electron chi connectivity index (χ3n) is 5.83. The minimum absolute atomic E-state index is 0.217. The number of nitrogens with one attached hydrogen (secondary N) is 2. The van der Waals surface area contributed by atoms with E-state index in [9.17, 15) is 4.39 Å². The molecule has 0 amide bonds. The first-order valence-electron chi connectivity index (χ1n) is 11.0. The highest BCUT2D eigenvalue weighted by molar-refractivity contribution is 7.80. The molecule has 35 heavy (non-hydrogen) atoms. The van der Waals surface area contributed by atoms with Crippen LogP contribution in [0, 0.1) is 33.5 Å². The summed E-state index contributed by atoms with van der Waals surface area (Å²) in [6, 6.07) is 12.4. The van der Waals surface area contributed by atoms with E-state index in [0.717, 1.165) is 39.7 Å². The van der Waals surface area contributed by atoms with Gasteiger partial charge in [-0.1, -0.05) is 41.4 Å². The summed E-state index contributed by atoms with van der Waals surface area (Å²) >= 11 is 17.9. The highest BCUT2D eigenvalue weighted by Gasteiger charge is 2.18. The third kappa shape index (κ3) is 5.50. The Labute approximate surface area is 219 Å². The monoisotopic (exact) mass is 530 g/mol. The molecule has 0 aliphatic carbocycles. The fourth-order valence-electron chi connectivity index (χ4n) is 3.96. The second-order valence-electron chi connectivity index (χ2n) is 8.32. The molecule has 6 nitrogen and oxygen atoms in total. The molecule has 0 fully saturated rings. The molecule has 2 heterocycles. The Hall–Kier alpha value is -2.94. The molecule has 0 radical (unpaired) electrons. The predicted octanol–water partition coefficient (Wildman–Crippen LogP) is 6.66.